The van der Waals surface area contributed by atoms with Crippen LogP contribution in [0.15, 0.2) is 42.5 Å². The summed E-state index contributed by atoms with van der Waals surface area (Å²) in [6, 6.07) is 8.44. The van der Waals surface area contributed by atoms with Crippen molar-refractivity contribution >= 4 is 29.1 Å². The molecule has 2 amide bonds. The lowest BCUT2D eigenvalue weighted by atomic mass is 10.1. The van der Waals surface area contributed by atoms with Crippen LogP contribution in [0.4, 0.5) is 14.5 Å². The lowest BCUT2D eigenvalue weighted by molar-refractivity contribution is -0.119. The monoisotopic (exact) mass is 364 g/mol. The summed E-state index contributed by atoms with van der Waals surface area (Å²) in [7, 11) is 0. The minimum absolute atomic E-state index is 0.0940. The van der Waals surface area contributed by atoms with Crippen LogP contribution in [-0.4, -0.2) is 29.3 Å². The Morgan fingerprint density at radius 2 is 1.84 bits per heavy atom. The van der Waals surface area contributed by atoms with E-state index in [1.165, 1.54) is 41.3 Å². The molecule has 0 aliphatic carbocycles. The number of likely N-dealkylation sites (tertiary alicyclic amines) is 1. The van der Waals surface area contributed by atoms with Crippen LogP contribution in [0.3, 0.4) is 0 Å². The normalized spacial score (nSPS) is 16.8. The molecule has 130 valence electrons. The van der Waals surface area contributed by atoms with Gasteiger partial charge in [-0.05, 0) is 55.3 Å². The van der Waals surface area contributed by atoms with Gasteiger partial charge in [0.2, 0.25) is 5.91 Å². The van der Waals surface area contributed by atoms with Crippen LogP contribution < -0.4 is 5.32 Å². The van der Waals surface area contributed by atoms with Gasteiger partial charge in [-0.25, -0.2) is 8.78 Å². The molecule has 7 heteroatoms. The molecule has 1 fully saturated rings. The molecule has 0 saturated carbocycles. The zero-order chi connectivity index (χ0) is 18.0. The van der Waals surface area contributed by atoms with Gasteiger partial charge in [0, 0.05) is 17.8 Å². The molecule has 3 rings (SSSR count). The van der Waals surface area contributed by atoms with E-state index in [0.717, 1.165) is 6.07 Å². The number of anilines is 1. The molecule has 0 unspecified atom stereocenters. The number of carbonyl (C=O) groups is 2. The van der Waals surface area contributed by atoms with Crippen molar-refractivity contribution in [2.24, 2.45) is 0 Å². The summed E-state index contributed by atoms with van der Waals surface area (Å²) in [5.41, 5.74) is 0.684. The van der Waals surface area contributed by atoms with Gasteiger partial charge >= 0.3 is 0 Å². The Bertz CT molecular complexity index is 811. The van der Waals surface area contributed by atoms with Crippen molar-refractivity contribution in [3.05, 3.63) is 64.7 Å². The van der Waals surface area contributed by atoms with Crippen molar-refractivity contribution in [2.45, 2.75) is 18.9 Å². The Morgan fingerprint density at radius 1 is 1.12 bits per heavy atom. The van der Waals surface area contributed by atoms with Crippen LogP contribution in [0.2, 0.25) is 5.02 Å². The van der Waals surface area contributed by atoms with Crippen LogP contribution in [0.1, 0.15) is 23.2 Å². The highest BCUT2D eigenvalue weighted by Gasteiger charge is 2.34. The van der Waals surface area contributed by atoms with Crippen molar-refractivity contribution in [2.75, 3.05) is 11.9 Å². The molecule has 1 atom stereocenters. The van der Waals surface area contributed by atoms with Gasteiger partial charge in [-0.1, -0.05) is 11.6 Å². The average Bonchev–Trinajstić information content (AvgIpc) is 3.08. The van der Waals surface area contributed by atoms with E-state index in [1.54, 1.807) is 0 Å². The van der Waals surface area contributed by atoms with Gasteiger partial charge in [0.15, 0.2) is 0 Å². The van der Waals surface area contributed by atoms with E-state index < -0.39 is 17.7 Å². The van der Waals surface area contributed by atoms with E-state index in [1.807, 2.05) is 0 Å². The molecule has 1 saturated heterocycles. The third kappa shape index (κ3) is 3.79. The molecular formula is C18H15ClF2N2O2. The molecule has 2 aromatic rings. The van der Waals surface area contributed by atoms with E-state index in [-0.39, 0.29) is 16.8 Å². The zero-order valence-electron chi connectivity index (χ0n) is 13.1. The van der Waals surface area contributed by atoms with Crippen LogP contribution in [0, 0.1) is 11.6 Å². The molecule has 1 aliphatic rings. The first-order valence-corrected chi connectivity index (χ1v) is 8.16. The Hall–Kier alpha value is -2.47. The highest BCUT2D eigenvalue weighted by Crippen LogP contribution is 2.24. The Morgan fingerprint density at radius 3 is 2.52 bits per heavy atom. The molecular weight excluding hydrogens is 350 g/mol. The molecule has 1 aliphatic heterocycles. The van der Waals surface area contributed by atoms with E-state index >= 15 is 0 Å². The van der Waals surface area contributed by atoms with Gasteiger partial charge in [0.1, 0.15) is 17.7 Å². The number of amides is 2. The number of nitrogens with one attached hydrogen (secondary N) is 1. The lowest BCUT2D eigenvalue weighted by Gasteiger charge is -2.24. The summed E-state index contributed by atoms with van der Waals surface area (Å²) in [6.45, 7) is 0.443. The molecule has 0 bridgehead atoms. The smallest absolute Gasteiger partial charge is 0.254 e. The largest absolute Gasteiger partial charge is 0.327 e. The summed E-state index contributed by atoms with van der Waals surface area (Å²) >= 11 is 5.71. The van der Waals surface area contributed by atoms with Crippen LogP contribution in [0.25, 0.3) is 0 Å². The highest BCUT2D eigenvalue weighted by molar-refractivity contribution is 6.31. The average molecular weight is 365 g/mol. The summed E-state index contributed by atoms with van der Waals surface area (Å²) in [5.74, 6) is -1.69. The number of rotatable bonds is 3. The molecule has 1 N–H and O–H groups in total. The first-order chi connectivity index (χ1) is 12.0. The van der Waals surface area contributed by atoms with E-state index in [9.17, 15) is 18.4 Å². The number of hydrogen-bond donors (Lipinski definition) is 1. The molecule has 1 heterocycles. The number of hydrogen-bond acceptors (Lipinski definition) is 2. The van der Waals surface area contributed by atoms with E-state index in [2.05, 4.69) is 5.32 Å². The van der Waals surface area contributed by atoms with E-state index in [0.29, 0.717) is 30.6 Å². The maximum absolute atomic E-state index is 13.2. The van der Waals surface area contributed by atoms with Gasteiger partial charge < -0.3 is 10.2 Å². The second-order valence-electron chi connectivity index (χ2n) is 5.78. The zero-order valence-corrected chi connectivity index (χ0v) is 13.9. The molecule has 0 aromatic heterocycles. The third-order valence-corrected chi connectivity index (χ3v) is 4.38. The fourth-order valence-electron chi connectivity index (χ4n) is 2.84. The Balaban J connectivity index is 1.74. The first kappa shape index (κ1) is 17.4. The second kappa shape index (κ2) is 7.19. The van der Waals surface area contributed by atoms with Gasteiger partial charge in [-0.2, -0.15) is 0 Å². The predicted octanol–water partition coefficient (Wildman–Crippen LogP) is 3.86. The molecule has 0 spiro atoms. The standard InChI is InChI=1S/C18H15ClF2N2O2/c19-14-10-13(7-8-15(14)21)22-17(24)16-2-1-9-23(16)18(25)11-3-5-12(20)6-4-11/h3-8,10,16H,1-2,9H2,(H,22,24)/t16-/m0/s1. The maximum Gasteiger partial charge on any atom is 0.254 e. The van der Waals surface area contributed by atoms with Gasteiger partial charge in [-0.15, -0.1) is 0 Å². The number of nitrogens with zero attached hydrogens (tertiary/aromatic N) is 1. The molecule has 4 nitrogen and oxygen atoms in total. The van der Waals surface area contributed by atoms with Crippen molar-refractivity contribution in [3.8, 4) is 0 Å². The Kier molecular flexibility index (Phi) is 4.99. The highest BCUT2D eigenvalue weighted by atomic mass is 35.5. The van der Waals surface area contributed by atoms with Crippen LogP contribution in [0.5, 0.6) is 0 Å². The van der Waals surface area contributed by atoms with Crippen LogP contribution in [-0.2, 0) is 4.79 Å². The van der Waals surface area contributed by atoms with Crippen molar-refractivity contribution < 1.29 is 18.4 Å². The minimum atomic E-state index is -0.638. The van der Waals surface area contributed by atoms with Crippen molar-refractivity contribution in [1.82, 2.24) is 4.90 Å². The topological polar surface area (TPSA) is 49.4 Å². The summed E-state index contributed by atoms with van der Waals surface area (Å²) in [4.78, 5) is 26.6. The third-order valence-electron chi connectivity index (χ3n) is 4.09. The Labute approximate surface area is 148 Å². The maximum atomic E-state index is 13.2. The second-order valence-corrected chi connectivity index (χ2v) is 6.19. The van der Waals surface area contributed by atoms with Gasteiger partial charge in [0.25, 0.3) is 5.91 Å². The van der Waals surface area contributed by atoms with Gasteiger partial charge in [-0.3, -0.25) is 9.59 Å². The van der Waals surface area contributed by atoms with Crippen molar-refractivity contribution in [3.63, 3.8) is 0 Å². The van der Waals surface area contributed by atoms with Gasteiger partial charge in [0.05, 0.1) is 5.02 Å². The number of benzene rings is 2. The summed E-state index contributed by atoms with van der Waals surface area (Å²) in [5, 5.41) is 2.56. The quantitative estimate of drug-likeness (QED) is 0.899. The molecule has 25 heavy (non-hydrogen) atoms. The number of carbonyl (C=O) groups excluding carboxylic acids is 2. The summed E-state index contributed by atoms with van der Waals surface area (Å²) < 4.78 is 26.2. The number of halogens is 3. The summed E-state index contributed by atoms with van der Waals surface area (Å²) in [6.07, 6.45) is 1.21. The molecule has 0 radical (unpaired) electrons. The molecule has 2 aromatic carbocycles. The van der Waals surface area contributed by atoms with Crippen LogP contribution >= 0.6 is 11.6 Å². The lowest BCUT2D eigenvalue weighted by Crippen LogP contribution is -2.43. The first-order valence-electron chi connectivity index (χ1n) is 7.78. The van der Waals surface area contributed by atoms with Crippen molar-refractivity contribution in [1.29, 1.82) is 0 Å². The van der Waals surface area contributed by atoms with E-state index in [4.69, 9.17) is 11.6 Å². The minimum Gasteiger partial charge on any atom is -0.327 e. The SMILES string of the molecule is O=C(Nc1ccc(F)c(Cl)c1)[C@@H]1CCCN1C(=O)c1ccc(F)cc1. The fourth-order valence-corrected chi connectivity index (χ4v) is 3.02. The predicted molar refractivity (Wildman–Crippen MR) is 90.5 cm³/mol. The fraction of sp³-hybridized carbons (Fsp3) is 0.222.